The van der Waals surface area contributed by atoms with Crippen molar-refractivity contribution in [1.82, 2.24) is 19.7 Å². The maximum absolute atomic E-state index is 5.55. The monoisotopic (exact) mass is 195 g/mol. The van der Waals surface area contributed by atoms with Gasteiger partial charge in [-0.05, 0) is 19.9 Å². The van der Waals surface area contributed by atoms with Crippen molar-refractivity contribution in [3.05, 3.63) is 12.2 Å². The minimum atomic E-state index is 0.547. The molecule has 1 aliphatic rings. The summed E-state index contributed by atoms with van der Waals surface area (Å²) in [5, 5.41) is 7.99. The molecule has 1 atom stereocenters. The molecule has 0 amide bonds. The Morgan fingerprint density at radius 1 is 1.57 bits per heavy atom. The summed E-state index contributed by atoms with van der Waals surface area (Å²) in [4.78, 5) is 2.41. The van der Waals surface area contributed by atoms with Gasteiger partial charge in [-0.15, -0.1) is 10.2 Å². The average molecular weight is 195 g/mol. The second-order valence-electron chi connectivity index (χ2n) is 3.84. The Balaban J connectivity index is 2.00. The number of hydrogen-bond donors (Lipinski definition) is 1. The van der Waals surface area contributed by atoms with Crippen molar-refractivity contribution in [1.29, 1.82) is 0 Å². The highest BCUT2D eigenvalue weighted by Gasteiger charge is 2.20. The second kappa shape index (κ2) is 4.06. The van der Waals surface area contributed by atoms with E-state index < -0.39 is 0 Å². The Labute approximate surface area is 83.9 Å². The predicted octanol–water partition coefficient (Wildman–Crippen LogP) is -0.169. The standard InChI is InChI=1S/C9H17N5/c1-8(2-3-10)13-4-5-14-7-11-12-9(14)6-13/h7-8H,2-6,10H2,1H3. The molecule has 0 bridgehead atoms. The molecular weight excluding hydrogens is 178 g/mol. The van der Waals surface area contributed by atoms with Crippen LogP contribution in [-0.4, -0.2) is 38.8 Å². The lowest BCUT2D eigenvalue weighted by Crippen LogP contribution is -2.40. The molecule has 0 saturated carbocycles. The third-order valence-corrected chi connectivity index (χ3v) is 2.88. The first-order valence-corrected chi connectivity index (χ1v) is 5.12. The molecule has 0 aromatic carbocycles. The van der Waals surface area contributed by atoms with E-state index in [4.69, 9.17) is 5.73 Å². The minimum Gasteiger partial charge on any atom is -0.330 e. The van der Waals surface area contributed by atoms with E-state index >= 15 is 0 Å². The van der Waals surface area contributed by atoms with Gasteiger partial charge < -0.3 is 10.3 Å². The molecule has 2 N–H and O–H groups in total. The van der Waals surface area contributed by atoms with Gasteiger partial charge in [-0.3, -0.25) is 4.90 Å². The van der Waals surface area contributed by atoms with Gasteiger partial charge in [0.1, 0.15) is 12.2 Å². The van der Waals surface area contributed by atoms with Crippen molar-refractivity contribution < 1.29 is 0 Å². The van der Waals surface area contributed by atoms with Gasteiger partial charge in [-0.1, -0.05) is 0 Å². The lowest BCUT2D eigenvalue weighted by molar-refractivity contribution is 0.157. The SMILES string of the molecule is CC(CCN)N1CCn2cnnc2C1. The van der Waals surface area contributed by atoms with E-state index in [-0.39, 0.29) is 0 Å². The Bertz CT molecular complexity index is 295. The zero-order valence-corrected chi connectivity index (χ0v) is 8.56. The maximum Gasteiger partial charge on any atom is 0.147 e. The Hall–Kier alpha value is -0.940. The number of nitrogens with two attached hydrogens (primary N) is 1. The third-order valence-electron chi connectivity index (χ3n) is 2.88. The summed E-state index contributed by atoms with van der Waals surface area (Å²) >= 11 is 0. The van der Waals surface area contributed by atoms with Crippen LogP contribution in [0.5, 0.6) is 0 Å². The van der Waals surface area contributed by atoms with Crippen LogP contribution in [-0.2, 0) is 13.1 Å². The van der Waals surface area contributed by atoms with Gasteiger partial charge in [-0.25, -0.2) is 0 Å². The van der Waals surface area contributed by atoms with E-state index in [1.807, 2.05) is 0 Å². The summed E-state index contributed by atoms with van der Waals surface area (Å²) < 4.78 is 2.12. The van der Waals surface area contributed by atoms with Crippen molar-refractivity contribution in [2.75, 3.05) is 13.1 Å². The summed E-state index contributed by atoms with van der Waals surface area (Å²) in [5.74, 6) is 1.07. The maximum atomic E-state index is 5.55. The van der Waals surface area contributed by atoms with Crippen LogP contribution in [0.25, 0.3) is 0 Å². The fourth-order valence-corrected chi connectivity index (χ4v) is 1.89. The normalized spacial score (nSPS) is 19.3. The second-order valence-corrected chi connectivity index (χ2v) is 3.84. The lowest BCUT2D eigenvalue weighted by atomic mass is 10.2. The van der Waals surface area contributed by atoms with Gasteiger partial charge in [0.2, 0.25) is 0 Å². The molecule has 78 valence electrons. The number of hydrogen-bond acceptors (Lipinski definition) is 4. The van der Waals surface area contributed by atoms with Gasteiger partial charge in [0, 0.05) is 19.1 Å². The highest BCUT2D eigenvalue weighted by Crippen LogP contribution is 2.13. The number of fused-ring (bicyclic) bond motifs is 1. The van der Waals surface area contributed by atoms with E-state index in [0.717, 1.165) is 38.4 Å². The predicted molar refractivity (Wildman–Crippen MR) is 53.6 cm³/mol. The molecule has 14 heavy (non-hydrogen) atoms. The summed E-state index contributed by atoms with van der Waals surface area (Å²) in [6, 6.07) is 0.547. The Morgan fingerprint density at radius 2 is 2.43 bits per heavy atom. The first-order chi connectivity index (χ1) is 6.81. The van der Waals surface area contributed by atoms with E-state index in [9.17, 15) is 0 Å². The van der Waals surface area contributed by atoms with E-state index in [2.05, 4.69) is 26.6 Å². The molecule has 1 aromatic rings. The van der Waals surface area contributed by atoms with Crippen molar-refractivity contribution in [3.8, 4) is 0 Å². The largest absolute Gasteiger partial charge is 0.330 e. The zero-order valence-electron chi connectivity index (χ0n) is 8.56. The van der Waals surface area contributed by atoms with E-state index in [0.29, 0.717) is 6.04 Å². The molecule has 0 saturated heterocycles. The lowest BCUT2D eigenvalue weighted by Gasteiger charge is -2.32. The van der Waals surface area contributed by atoms with E-state index in [1.165, 1.54) is 0 Å². The molecular formula is C9H17N5. The van der Waals surface area contributed by atoms with Crippen LogP contribution in [0.1, 0.15) is 19.2 Å². The van der Waals surface area contributed by atoms with Gasteiger partial charge in [0.15, 0.2) is 0 Å². The molecule has 0 fully saturated rings. The molecule has 1 aromatic heterocycles. The van der Waals surface area contributed by atoms with Crippen LogP contribution < -0.4 is 5.73 Å². The number of nitrogens with zero attached hydrogens (tertiary/aromatic N) is 4. The Kier molecular flexibility index (Phi) is 2.79. The van der Waals surface area contributed by atoms with Crippen LogP contribution >= 0.6 is 0 Å². The molecule has 0 radical (unpaired) electrons. The van der Waals surface area contributed by atoms with Crippen LogP contribution in [0.15, 0.2) is 6.33 Å². The first-order valence-electron chi connectivity index (χ1n) is 5.12. The van der Waals surface area contributed by atoms with Crippen molar-refractivity contribution in [2.45, 2.75) is 32.5 Å². The quantitative estimate of drug-likeness (QED) is 0.727. The molecule has 0 spiro atoms. The summed E-state index contributed by atoms with van der Waals surface area (Å²) in [5.41, 5.74) is 5.55. The highest BCUT2D eigenvalue weighted by molar-refractivity contribution is 4.91. The van der Waals surface area contributed by atoms with Gasteiger partial charge in [-0.2, -0.15) is 0 Å². The first kappa shape index (κ1) is 9.61. The minimum absolute atomic E-state index is 0.547. The third kappa shape index (κ3) is 1.78. The van der Waals surface area contributed by atoms with Crippen LogP contribution in [0.2, 0.25) is 0 Å². The fourth-order valence-electron chi connectivity index (χ4n) is 1.89. The molecule has 5 nitrogen and oxygen atoms in total. The van der Waals surface area contributed by atoms with Crippen molar-refractivity contribution in [3.63, 3.8) is 0 Å². The van der Waals surface area contributed by atoms with Crippen LogP contribution in [0.3, 0.4) is 0 Å². The summed E-state index contributed by atoms with van der Waals surface area (Å²) in [7, 11) is 0. The van der Waals surface area contributed by atoms with Crippen LogP contribution in [0.4, 0.5) is 0 Å². The van der Waals surface area contributed by atoms with Gasteiger partial charge in [0.05, 0.1) is 6.54 Å². The van der Waals surface area contributed by atoms with Crippen molar-refractivity contribution in [2.24, 2.45) is 5.73 Å². The number of aromatic nitrogens is 3. The summed E-state index contributed by atoms with van der Waals surface area (Å²) in [6.07, 6.45) is 2.86. The molecule has 0 aliphatic carbocycles. The zero-order chi connectivity index (χ0) is 9.97. The van der Waals surface area contributed by atoms with Crippen molar-refractivity contribution >= 4 is 0 Å². The summed E-state index contributed by atoms with van der Waals surface area (Å²) in [6.45, 7) is 5.95. The molecule has 1 unspecified atom stereocenters. The topological polar surface area (TPSA) is 60.0 Å². The highest BCUT2D eigenvalue weighted by atomic mass is 15.3. The van der Waals surface area contributed by atoms with Gasteiger partial charge >= 0.3 is 0 Å². The van der Waals surface area contributed by atoms with Gasteiger partial charge in [0.25, 0.3) is 0 Å². The van der Waals surface area contributed by atoms with E-state index in [1.54, 1.807) is 6.33 Å². The average Bonchev–Trinajstić information content (AvgIpc) is 2.64. The molecule has 2 heterocycles. The fraction of sp³-hybridized carbons (Fsp3) is 0.778. The molecule has 5 heteroatoms. The van der Waals surface area contributed by atoms with Crippen LogP contribution in [0, 0.1) is 0 Å². The Morgan fingerprint density at radius 3 is 3.21 bits per heavy atom. The molecule has 1 aliphatic heterocycles. The smallest absolute Gasteiger partial charge is 0.147 e. The number of rotatable bonds is 3. The molecule has 2 rings (SSSR count).